The van der Waals surface area contributed by atoms with Gasteiger partial charge in [-0.05, 0) is 56.6 Å². The fraction of sp³-hybridized carbons (Fsp3) is 0.0192. The smallest absolute Gasteiger partial charge is 0.164 e. The van der Waals surface area contributed by atoms with E-state index in [1.807, 2.05) is 60.7 Å². The average Bonchev–Trinajstić information content (AvgIpc) is 3.58. The third-order valence-electron chi connectivity index (χ3n) is 11.2. The molecule has 262 valence electrons. The Balaban J connectivity index is 0.973. The highest BCUT2D eigenvalue weighted by Gasteiger charge is 2.51. The van der Waals surface area contributed by atoms with Crippen molar-refractivity contribution in [3.8, 4) is 79.0 Å². The highest BCUT2D eigenvalue weighted by atomic mass is 16.5. The van der Waals surface area contributed by atoms with Crippen LogP contribution >= 0.6 is 0 Å². The van der Waals surface area contributed by atoms with Gasteiger partial charge in [0.25, 0.3) is 0 Å². The molecular formula is C52H33N3O. The first-order valence-electron chi connectivity index (χ1n) is 18.9. The molecule has 4 nitrogen and oxygen atoms in total. The molecule has 0 N–H and O–H groups in total. The highest BCUT2D eigenvalue weighted by Crippen LogP contribution is 2.63. The van der Waals surface area contributed by atoms with Crippen molar-refractivity contribution in [2.24, 2.45) is 0 Å². The molecule has 4 heteroatoms. The van der Waals surface area contributed by atoms with Gasteiger partial charge in [-0.3, -0.25) is 0 Å². The van der Waals surface area contributed by atoms with Gasteiger partial charge in [-0.15, -0.1) is 0 Å². The van der Waals surface area contributed by atoms with Crippen molar-refractivity contribution in [3.05, 3.63) is 222 Å². The lowest BCUT2D eigenvalue weighted by Crippen LogP contribution is -2.32. The van der Waals surface area contributed by atoms with Crippen molar-refractivity contribution in [3.63, 3.8) is 0 Å². The fourth-order valence-electron chi connectivity index (χ4n) is 8.74. The monoisotopic (exact) mass is 715 g/mol. The third kappa shape index (κ3) is 4.96. The van der Waals surface area contributed by atoms with Crippen molar-refractivity contribution in [1.29, 1.82) is 0 Å². The van der Waals surface area contributed by atoms with Crippen LogP contribution in [0, 0.1) is 0 Å². The first kappa shape index (κ1) is 32.0. The van der Waals surface area contributed by atoms with Gasteiger partial charge in [-0.1, -0.05) is 188 Å². The zero-order valence-electron chi connectivity index (χ0n) is 30.3. The van der Waals surface area contributed by atoms with Crippen LogP contribution in [0.1, 0.15) is 22.3 Å². The molecule has 2 aliphatic rings. The SMILES string of the molecule is c1ccc(-c2nc(-c3ccccc3)nc(-c3ccc(-c4ccc(-c5cccc6c5-c5ccccc5C65c6ccccc6Oc6ccccc65)cc4)cc3)n2)cc1. The van der Waals surface area contributed by atoms with Crippen molar-refractivity contribution in [1.82, 2.24) is 15.0 Å². The summed E-state index contributed by atoms with van der Waals surface area (Å²) >= 11 is 0. The summed E-state index contributed by atoms with van der Waals surface area (Å²) in [6.45, 7) is 0. The van der Waals surface area contributed by atoms with E-state index in [0.717, 1.165) is 39.3 Å². The van der Waals surface area contributed by atoms with E-state index in [0.29, 0.717) is 17.5 Å². The molecule has 0 saturated heterocycles. The van der Waals surface area contributed by atoms with Crippen LogP contribution in [0.3, 0.4) is 0 Å². The maximum absolute atomic E-state index is 6.53. The second kappa shape index (κ2) is 12.9. The van der Waals surface area contributed by atoms with E-state index in [2.05, 4.69) is 140 Å². The summed E-state index contributed by atoms with van der Waals surface area (Å²) < 4.78 is 6.53. The van der Waals surface area contributed by atoms with Crippen molar-refractivity contribution >= 4 is 0 Å². The fourth-order valence-corrected chi connectivity index (χ4v) is 8.74. The molecule has 8 aromatic carbocycles. The summed E-state index contributed by atoms with van der Waals surface area (Å²) in [5, 5.41) is 0. The highest BCUT2D eigenvalue weighted by molar-refractivity contribution is 5.96. The van der Waals surface area contributed by atoms with Gasteiger partial charge >= 0.3 is 0 Å². The Hall–Kier alpha value is -7.43. The minimum Gasteiger partial charge on any atom is -0.457 e. The van der Waals surface area contributed by atoms with E-state index >= 15 is 0 Å². The zero-order chi connectivity index (χ0) is 37.1. The number of nitrogens with zero attached hydrogens (tertiary/aromatic N) is 3. The van der Waals surface area contributed by atoms with Crippen LogP contribution in [0.25, 0.3) is 67.5 Å². The molecule has 1 aromatic heterocycles. The standard InChI is InChI=1S/C52H33N3O/c1-3-14-37(15-4-1)49-53-50(38-16-5-2-6-17-38)55-51(54-49)39-32-28-35(29-33-39)34-26-30-36(31-27-34)40-19-13-23-45-48(40)41-18-7-8-20-42(41)52(45)43-21-9-11-24-46(43)56-47-25-12-10-22-44(47)52/h1-33H. The van der Waals surface area contributed by atoms with Gasteiger partial charge in [-0.2, -0.15) is 0 Å². The first-order valence-corrected chi connectivity index (χ1v) is 18.9. The number of hydrogen-bond donors (Lipinski definition) is 0. The van der Waals surface area contributed by atoms with Crippen LogP contribution in [0.5, 0.6) is 11.5 Å². The number of fused-ring (bicyclic) bond motifs is 9. The van der Waals surface area contributed by atoms with Gasteiger partial charge in [-0.25, -0.2) is 15.0 Å². The molecule has 9 aromatic rings. The molecule has 0 radical (unpaired) electrons. The lowest BCUT2D eigenvalue weighted by molar-refractivity contribution is 0.436. The number of rotatable bonds is 5. The predicted molar refractivity (Wildman–Crippen MR) is 224 cm³/mol. The summed E-state index contributed by atoms with van der Waals surface area (Å²) in [6, 6.07) is 70.3. The van der Waals surface area contributed by atoms with Crippen LogP contribution in [0.15, 0.2) is 200 Å². The normalized spacial score (nSPS) is 12.9. The molecule has 56 heavy (non-hydrogen) atoms. The molecule has 0 bridgehead atoms. The van der Waals surface area contributed by atoms with E-state index in [4.69, 9.17) is 19.7 Å². The average molecular weight is 716 g/mol. The van der Waals surface area contributed by atoms with Crippen LogP contribution in [0.4, 0.5) is 0 Å². The quantitative estimate of drug-likeness (QED) is 0.178. The zero-order valence-corrected chi connectivity index (χ0v) is 30.3. The van der Waals surface area contributed by atoms with E-state index in [1.54, 1.807) is 0 Å². The Kier molecular flexibility index (Phi) is 7.36. The Labute approximate surface area is 325 Å². The second-order valence-corrected chi connectivity index (χ2v) is 14.3. The summed E-state index contributed by atoms with van der Waals surface area (Å²) in [7, 11) is 0. The molecule has 2 heterocycles. The Bertz CT molecular complexity index is 2820. The first-order chi connectivity index (χ1) is 27.8. The molecular weight excluding hydrogens is 683 g/mol. The molecule has 0 atom stereocenters. The minimum atomic E-state index is -0.489. The van der Waals surface area contributed by atoms with Crippen LogP contribution in [-0.2, 0) is 5.41 Å². The molecule has 0 unspecified atom stereocenters. The summed E-state index contributed by atoms with van der Waals surface area (Å²) in [4.78, 5) is 14.7. The maximum atomic E-state index is 6.53. The predicted octanol–water partition coefficient (Wildman–Crippen LogP) is 12.7. The van der Waals surface area contributed by atoms with Gasteiger partial charge in [0.15, 0.2) is 17.5 Å². The molecule has 11 rings (SSSR count). The summed E-state index contributed by atoms with van der Waals surface area (Å²) in [6.07, 6.45) is 0. The summed E-state index contributed by atoms with van der Waals surface area (Å²) in [5.74, 6) is 3.75. The van der Waals surface area contributed by atoms with Crippen molar-refractivity contribution in [2.75, 3.05) is 0 Å². The number of benzene rings is 8. The molecule has 1 spiro atoms. The largest absolute Gasteiger partial charge is 0.457 e. The van der Waals surface area contributed by atoms with Gasteiger partial charge < -0.3 is 4.74 Å². The maximum Gasteiger partial charge on any atom is 0.164 e. The van der Waals surface area contributed by atoms with Gasteiger partial charge in [0, 0.05) is 27.8 Å². The second-order valence-electron chi connectivity index (χ2n) is 14.3. The molecule has 0 fully saturated rings. The van der Waals surface area contributed by atoms with Crippen LogP contribution < -0.4 is 4.74 Å². The lowest BCUT2D eigenvalue weighted by atomic mass is 9.66. The Morgan fingerprint density at radius 1 is 0.286 bits per heavy atom. The number of hydrogen-bond acceptors (Lipinski definition) is 4. The lowest BCUT2D eigenvalue weighted by Gasteiger charge is -2.39. The number of ether oxygens (including phenoxy) is 1. The van der Waals surface area contributed by atoms with Gasteiger partial charge in [0.05, 0.1) is 5.41 Å². The topological polar surface area (TPSA) is 47.9 Å². The van der Waals surface area contributed by atoms with E-state index < -0.39 is 5.41 Å². The van der Waals surface area contributed by atoms with Gasteiger partial charge in [0.1, 0.15) is 11.5 Å². The van der Waals surface area contributed by atoms with Crippen molar-refractivity contribution in [2.45, 2.75) is 5.41 Å². The third-order valence-corrected chi connectivity index (χ3v) is 11.2. The molecule has 0 saturated carbocycles. The van der Waals surface area contributed by atoms with E-state index in [9.17, 15) is 0 Å². The molecule has 0 amide bonds. The molecule has 1 aliphatic heterocycles. The van der Waals surface area contributed by atoms with E-state index in [-0.39, 0.29) is 0 Å². The summed E-state index contributed by atoms with van der Waals surface area (Å²) in [5.41, 5.74) is 14.5. The number of para-hydroxylation sites is 2. The molecule has 1 aliphatic carbocycles. The number of aromatic nitrogens is 3. The minimum absolute atomic E-state index is 0.489. The Morgan fingerprint density at radius 2 is 0.679 bits per heavy atom. The van der Waals surface area contributed by atoms with Crippen LogP contribution in [0.2, 0.25) is 0 Å². The van der Waals surface area contributed by atoms with Crippen molar-refractivity contribution < 1.29 is 4.74 Å². The van der Waals surface area contributed by atoms with Gasteiger partial charge in [0.2, 0.25) is 0 Å². The van der Waals surface area contributed by atoms with Crippen LogP contribution in [-0.4, -0.2) is 15.0 Å². The Morgan fingerprint density at radius 3 is 1.23 bits per heavy atom. The van der Waals surface area contributed by atoms with E-state index in [1.165, 1.54) is 44.5 Å².